The van der Waals surface area contributed by atoms with Gasteiger partial charge in [-0.1, -0.05) is 48.5 Å². The van der Waals surface area contributed by atoms with Gasteiger partial charge in [-0.15, -0.1) is 0 Å². The molecule has 1 aliphatic heterocycles. The molecule has 56 heavy (non-hydrogen) atoms. The maximum atomic E-state index is 13.7. The number of ketones is 1. The van der Waals surface area contributed by atoms with Crippen molar-refractivity contribution in [2.75, 3.05) is 11.1 Å². The number of aliphatic carboxylic acids is 2. The van der Waals surface area contributed by atoms with Gasteiger partial charge in [0.25, 0.3) is 5.91 Å². The average Bonchev–Trinajstić information content (AvgIpc) is 3.13. The van der Waals surface area contributed by atoms with Gasteiger partial charge in [-0.2, -0.15) is 26.3 Å². The highest BCUT2D eigenvalue weighted by atomic mass is 19.4. The fraction of sp³-hybridized carbons (Fsp3) is 0.103. The molecule has 4 aromatic carbocycles. The molecule has 0 bridgehead atoms. The molecular weight excluding hydrogens is 750 g/mol. The molecular formula is C39H30F6N4O7. The quantitative estimate of drug-likeness (QED) is 0.0815. The van der Waals surface area contributed by atoms with Crippen molar-refractivity contribution in [2.24, 2.45) is 0 Å². The average molecular weight is 781 g/mol. The van der Waals surface area contributed by atoms with E-state index in [9.17, 15) is 35.9 Å². The van der Waals surface area contributed by atoms with Gasteiger partial charge in [0.2, 0.25) is 0 Å². The third-order valence-electron chi connectivity index (χ3n) is 7.85. The molecule has 0 aromatic heterocycles. The summed E-state index contributed by atoms with van der Waals surface area (Å²) in [7, 11) is 0. The first-order valence-electron chi connectivity index (χ1n) is 16.1. The van der Waals surface area contributed by atoms with Crippen LogP contribution in [-0.2, 0) is 16.0 Å². The van der Waals surface area contributed by atoms with Gasteiger partial charge in [0.05, 0.1) is 6.07 Å². The highest BCUT2D eigenvalue weighted by Crippen LogP contribution is 2.41. The highest BCUT2D eigenvalue weighted by Gasteiger charge is 2.29. The first-order chi connectivity index (χ1) is 26.3. The van der Waals surface area contributed by atoms with Gasteiger partial charge in [-0.25, -0.2) is 0 Å². The number of para-hydroxylation sites is 1. The van der Waals surface area contributed by atoms with Crippen LogP contribution in [0.15, 0.2) is 114 Å². The van der Waals surface area contributed by atoms with Gasteiger partial charge >= 0.3 is 12.4 Å². The van der Waals surface area contributed by atoms with Crippen LogP contribution in [0.5, 0.6) is 0 Å². The molecule has 17 heteroatoms. The van der Waals surface area contributed by atoms with Gasteiger partial charge in [0.1, 0.15) is 29.0 Å². The Balaban J connectivity index is 0.000000425. The van der Waals surface area contributed by atoms with Crippen LogP contribution in [0.2, 0.25) is 0 Å². The van der Waals surface area contributed by atoms with E-state index in [4.69, 9.17) is 35.4 Å². The van der Waals surface area contributed by atoms with E-state index in [1.54, 1.807) is 24.3 Å². The SMILES string of the molecule is Nc1ccc2c(-c3ccccc3C(=O)CCc3ccc(C(=O)Nc4ccccc4[NH3+])cc3)c3ccc(=[NH2+])cc-3oc2c1.O=C([O-])C(F)(F)F.O=C([O-])C(F)(F)F. The largest absolute Gasteiger partial charge is 0.542 e. The Hall–Kier alpha value is -7.01. The zero-order valence-electron chi connectivity index (χ0n) is 28.8. The summed E-state index contributed by atoms with van der Waals surface area (Å²) in [6, 6.07) is 33.4. The predicted molar refractivity (Wildman–Crippen MR) is 186 cm³/mol. The van der Waals surface area contributed by atoms with Crippen molar-refractivity contribution in [1.29, 1.82) is 0 Å². The third-order valence-corrected chi connectivity index (χ3v) is 7.85. The Morgan fingerprint density at radius 1 is 0.750 bits per heavy atom. The number of hydrogen-bond donors (Lipinski definition) is 4. The van der Waals surface area contributed by atoms with Crippen LogP contribution in [0.1, 0.15) is 32.7 Å². The van der Waals surface area contributed by atoms with Crippen LogP contribution < -0.4 is 37.8 Å². The van der Waals surface area contributed by atoms with Crippen molar-refractivity contribution >= 4 is 51.7 Å². The highest BCUT2D eigenvalue weighted by molar-refractivity contribution is 6.10. The van der Waals surface area contributed by atoms with E-state index in [0.717, 1.165) is 33.3 Å². The summed E-state index contributed by atoms with van der Waals surface area (Å²) in [5, 5.41) is 28.0. The minimum atomic E-state index is -5.19. The number of alkyl halides is 6. The molecule has 0 spiro atoms. The molecule has 1 heterocycles. The van der Waals surface area contributed by atoms with E-state index in [2.05, 4.69) is 11.1 Å². The number of halogens is 6. The fourth-order valence-electron chi connectivity index (χ4n) is 5.21. The number of carboxylic acid groups (broad SMARTS) is 2. The fourth-order valence-corrected chi connectivity index (χ4v) is 5.21. The van der Waals surface area contributed by atoms with Gasteiger partial charge in [0.15, 0.2) is 16.8 Å². The monoisotopic (exact) mass is 780 g/mol. The summed E-state index contributed by atoms with van der Waals surface area (Å²) in [6.07, 6.45) is -9.54. The Labute approximate surface area is 312 Å². The summed E-state index contributed by atoms with van der Waals surface area (Å²) >= 11 is 0. The second kappa shape index (κ2) is 17.4. The standard InChI is InChI=1S/C35H28N4O3.2C2HF3O2/c36-23-14-16-27-32(19-23)42-33-20-24(37)15-17-28(33)34(27)26-6-2-1-5-25(26)31(40)18-11-21-9-12-22(13-10-21)35(41)39-30-8-4-3-7-29(30)38;2*3-2(4,5)1(6)7/h1-10,12-17,19-20,36H,11,18,37-38H2,(H,39,41);2*(H,6,7). The van der Waals surface area contributed by atoms with Crippen molar-refractivity contribution in [3.8, 4) is 22.5 Å². The van der Waals surface area contributed by atoms with Crippen LogP contribution >= 0.6 is 0 Å². The maximum Gasteiger partial charge on any atom is 0.430 e. The molecule has 0 fully saturated rings. The molecule has 11 nitrogen and oxygen atoms in total. The number of nitrogen functional groups attached to an aromatic ring is 1. The number of amides is 1. The Morgan fingerprint density at radius 2 is 1.34 bits per heavy atom. The zero-order valence-corrected chi connectivity index (χ0v) is 28.8. The minimum Gasteiger partial charge on any atom is -0.542 e. The lowest BCUT2D eigenvalue weighted by atomic mass is 9.88. The van der Waals surface area contributed by atoms with Crippen molar-refractivity contribution in [2.45, 2.75) is 25.2 Å². The lowest BCUT2D eigenvalue weighted by molar-refractivity contribution is -0.344. The molecule has 2 aliphatic rings. The molecule has 0 saturated heterocycles. The van der Waals surface area contributed by atoms with E-state index in [0.29, 0.717) is 52.0 Å². The van der Waals surface area contributed by atoms with Crippen molar-refractivity contribution in [3.05, 3.63) is 131 Å². The second-order valence-corrected chi connectivity index (χ2v) is 11.8. The molecule has 1 amide bonds. The summed E-state index contributed by atoms with van der Waals surface area (Å²) < 4.78 is 69.3. The minimum absolute atomic E-state index is 0.0208. The molecule has 6 rings (SSSR count). The Kier molecular flexibility index (Phi) is 13.0. The van der Waals surface area contributed by atoms with E-state index in [1.165, 1.54) is 0 Å². The van der Waals surface area contributed by atoms with E-state index >= 15 is 0 Å². The first-order valence-corrected chi connectivity index (χ1v) is 16.1. The molecule has 4 aromatic rings. The zero-order chi connectivity index (χ0) is 41.4. The van der Waals surface area contributed by atoms with Gasteiger partial charge in [-0.3, -0.25) is 15.0 Å². The lowest BCUT2D eigenvalue weighted by Crippen LogP contribution is -2.44. The number of carbonyl (C=O) groups excluding carboxylic acids is 4. The number of fused-ring (bicyclic) bond motifs is 2. The Bertz CT molecular complexity index is 2400. The molecule has 1 aliphatic carbocycles. The topological polar surface area (TPSA) is 219 Å². The van der Waals surface area contributed by atoms with Crippen LogP contribution in [0.25, 0.3) is 33.4 Å². The van der Waals surface area contributed by atoms with E-state index in [-0.39, 0.29) is 11.7 Å². The molecule has 0 atom stereocenters. The number of anilines is 2. The van der Waals surface area contributed by atoms with E-state index < -0.39 is 24.3 Å². The maximum absolute atomic E-state index is 13.7. The molecule has 0 unspecified atom stereocenters. The first kappa shape index (κ1) is 41.7. The molecule has 0 saturated carbocycles. The second-order valence-electron chi connectivity index (χ2n) is 11.8. The molecule has 8 N–H and O–H groups in total. The lowest BCUT2D eigenvalue weighted by Gasteiger charge is -2.17. The van der Waals surface area contributed by atoms with Crippen LogP contribution in [-0.4, -0.2) is 36.0 Å². The Morgan fingerprint density at radius 3 is 1.95 bits per heavy atom. The van der Waals surface area contributed by atoms with Gasteiger partial charge < -0.3 is 41.0 Å². The number of rotatable bonds is 7. The normalized spacial score (nSPS) is 11.1. The van der Waals surface area contributed by atoms with E-state index in [1.807, 2.05) is 84.9 Å². The van der Waals surface area contributed by atoms with Crippen LogP contribution in [0.3, 0.4) is 0 Å². The molecule has 0 radical (unpaired) electrons. The summed E-state index contributed by atoms with van der Waals surface area (Å²) in [6.45, 7) is 0. The summed E-state index contributed by atoms with van der Waals surface area (Å²) in [5.74, 6) is -5.58. The number of nitrogens with one attached hydrogen (secondary N) is 1. The summed E-state index contributed by atoms with van der Waals surface area (Å²) in [4.78, 5) is 43.9. The number of nitrogens with two attached hydrogens (primary N) is 2. The van der Waals surface area contributed by atoms with Crippen LogP contribution in [0, 0.1) is 0 Å². The number of Topliss-reactive ketones (excluding diaryl/α,β-unsaturated/α-hetero) is 1. The summed E-state index contributed by atoms with van der Waals surface area (Å²) in [5.41, 5.74) is 17.3. The van der Waals surface area contributed by atoms with Crippen LogP contribution in [0.4, 0.5) is 43.4 Å². The number of aryl methyl sites for hydroxylation is 1. The number of quaternary nitrogens is 1. The number of carboxylic acids is 2. The number of carbonyl (C=O) groups is 4. The van der Waals surface area contributed by atoms with Gasteiger partial charge in [0, 0.05) is 57.9 Å². The molecule has 290 valence electrons. The number of hydrogen-bond acceptors (Lipinski definition) is 8. The van der Waals surface area contributed by atoms with Crippen molar-refractivity contribution in [1.82, 2.24) is 0 Å². The third kappa shape index (κ3) is 10.8. The number of benzene rings is 5. The predicted octanol–water partition coefficient (Wildman–Crippen LogP) is 2.98. The van der Waals surface area contributed by atoms with Crippen molar-refractivity contribution < 1.29 is 71.3 Å². The smallest absolute Gasteiger partial charge is 0.430 e. The van der Waals surface area contributed by atoms with Gasteiger partial charge in [-0.05, 0) is 53.9 Å². The van der Waals surface area contributed by atoms with Crippen molar-refractivity contribution in [3.63, 3.8) is 0 Å².